The van der Waals surface area contributed by atoms with Gasteiger partial charge < -0.3 is 14.9 Å². The van der Waals surface area contributed by atoms with Gasteiger partial charge in [-0.15, -0.1) is 11.3 Å². The van der Waals surface area contributed by atoms with Crippen molar-refractivity contribution in [3.05, 3.63) is 46.4 Å². The lowest BCUT2D eigenvalue weighted by Crippen LogP contribution is -2.37. The lowest BCUT2D eigenvalue weighted by molar-refractivity contribution is 0.0664. The fourth-order valence-electron chi connectivity index (χ4n) is 3.16. The minimum atomic E-state index is -0.510. The molecule has 3 heterocycles. The molecule has 0 saturated carbocycles. The molecule has 1 fully saturated rings. The average molecular weight is 345 g/mol. The molecule has 2 aromatic rings. The van der Waals surface area contributed by atoms with E-state index in [0.29, 0.717) is 12.1 Å². The van der Waals surface area contributed by atoms with Crippen LogP contribution in [-0.2, 0) is 0 Å². The molecule has 2 aromatic heterocycles. The number of rotatable bonds is 5. The van der Waals surface area contributed by atoms with Crippen molar-refractivity contribution < 1.29 is 9.90 Å². The third-order valence-corrected chi connectivity index (χ3v) is 5.46. The number of thiophene rings is 1. The van der Waals surface area contributed by atoms with E-state index in [2.05, 4.69) is 4.98 Å². The largest absolute Gasteiger partial charge is 0.387 e. The highest BCUT2D eigenvalue weighted by Crippen LogP contribution is 2.30. The molecule has 128 valence electrons. The van der Waals surface area contributed by atoms with E-state index in [0.717, 1.165) is 30.0 Å². The van der Waals surface area contributed by atoms with E-state index in [1.807, 2.05) is 53.5 Å². The van der Waals surface area contributed by atoms with Crippen LogP contribution >= 0.6 is 11.3 Å². The lowest BCUT2D eigenvalue weighted by atomic mass is 10.1. The van der Waals surface area contributed by atoms with Crippen molar-refractivity contribution in [2.45, 2.75) is 31.4 Å². The van der Waals surface area contributed by atoms with Gasteiger partial charge in [-0.25, -0.2) is 0 Å². The standard InChI is InChI=1S/C18H23N3O2S/c1-20(2)13-7-8-19-15(11-13)18(23)21-9-3-5-14(21)12-16(22)17-6-4-10-24-17/h4,6-8,10-11,14,16,22H,3,5,9,12H2,1-2H3/t14-,16+/m0/s1. The fourth-order valence-corrected chi connectivity index (χ4v) is 3.89. The Balaban J connectivity index is 1.73. The number of nitrogens with zero attached hydrogens (tertiary/aromatic N) is 3. The SMILES string of the molecule is CN(C)c1ccnc(C(=O)N2CCC[C@H]2C[C@@H](O)c2cccs2)c1. The third kappa shape index (κ3) is 3.60. The third-order valence-electron chi connectivity index (χ3n) is 4.48. The number of aliphatic hydroxyl groups excluding tert-OH is 1. The Morgan fingerprint density at radius 1 is 1.50 bits per heavy atom. The monoisotopic (exact) mass is 345 g/mol. The summed E-state index contributed by atoms with van der Waals surface area (Å²) in [4.78, 5) is 21.9. The van der Waals surface area contributed by atoms with E-state index in [-0.39, 0.29) is 11.9 Å². The van der Waals surface area contributed by atoms with Crippen molar-refractivity contribution in [3.8, 4) is 0 Å². The normalized spacial score (nSPS) is 18.6. The van der Waals surface area contributed by atoms with Crippen LogP contribution in [0.5, 0.6) is 0 Å². The predicted molar refractivity (Wildman–Crippen MR) is 96.5 cm³/mol. The maximum atomic E-state index is 12.9. The number of likely N-dealkylation sites (tertiary alicyclic amines) is 1. The molecule has 3 rings (SSSR count). The highest BCUT2D eigenvalue weighted by Gasteiger charge is 2.32. The van der Waals surface area contributed by atoms with Crippen molar-refractivity contribution in [3.63, 3.8) is 0 Å². The summed E-state index contributed by atoms with van der Waals surface area (Å²) in [5.41, 5.74) is 1.43. The Kier molecular flexibility index (Phi) is 5.16. The van der Waals surface area contributed by atoms with Gasteiger partial charge in [-0.3, -0.25) is 9.78 Å². The van der Waals surface area contributed by atoms with Crippen LogP contribution < -0.4 is 4.90 Å². The van der Waals surface area contributed by atoms with Crippen LogP contribution in [0.15, 0.2) is 35.8 Å². The van der Waals surface area contributed by atoms with Gasteiger partial charge >= 0.3 is 0 Å². The summed E-state index contributed by atoms with van der Waals surface area (Å²) in [6, 6.07) is 7.67. The van der Waals surface area contributed by atoms with Gasteiger partial charge in [0.25, 0.3) is 5.91 Å². The Bertz CT molecular complexity index is 687. The summed E-state index contributed by atoms with van der Waals surface area (Å²) in [6.07, 6.45) is 3.65. The van der Waals surface area contributed by atoms with E-state index in [1.165, 1.54) is 0 Å². The van der Waals surface area contributed by atoms with E-state index < -0.39 is 6.10 Å². The first-order chi connectivity index (χ1) is 11.6. The summed E-state index contributed by atoms with van der Waals surface area (Å²) >= 11 is 1.55. The van der Waals surface area contributed by atoms with Crippen molar-refractivity contribution in [2.24, 2.45) is 0 Å². The number of hydrogen-bond acceptors (Lipinski definition) is 5. The smallest absolute Gasteiger partial charge is 0.272 e. The number of carbonyl (C=O) groups is 1. The number of carbonyl (C=O) groups excluding carboxylic acids is 1. The molecule has 1 N–H and O–H groups in total. The topological polar surface area (TPSA) is 56.7 Å². The second kappa shape index (κ2) is 7.32. The van der Waals surface area contributed by atoms with Gasteiger partial charge in [0, 0.05) is 43.4 Å². The van der Waals surface area contributed by atoms with E-state index >= 15 is 0 Å². The molecule has 2 atom stereocenters. The van der Waals surface area contributed by atoms with E-state index in [9.17, 15) is 9.90 Å². The summed E-state index contributed by atoms with van der Waals surface area (Å²) in [5.74, 6) is -0.0421. The number of pyridine rings is 1. The molecule has 0 unspecified atom stereocenters. The Morgan fingerprint density at radius 2 is 2.33 bits per heavy atom. The van der Waals surface area contributed by atoms with Gasteiger partial charge in [-0.2, -0.15) is 0 Å². The van der Waals surface area contributed by atoms with Gasteiger partial charge in [-0.1, -0.05) is 6.07 Å². The van der Waals surface area contributed by atoms with Crippen LogP contribution in [0.25, 0.3) is 0 Å². The molecule has 1 aliphatic rings. The van der Waals surface area contributed by atoms with Crippen LogP contribution in [0, 0.1) is 0 Å². The highest BCUT2D eigenvalue weighted by molar-refractivity contribution is 7.10. The van der Waals surface area contributed by atoms with Crippen molar-refractivity contribution in [1.29, 1.82) is 0 Å². The summed E-state index contributed by atoms with van der Waals surface area (Å²) in [5, 5.41) is 12.4. The molecule has 24 heavy (non-hydrogen) atoms. The van der Waals surface area contributed by atoms with Crippen LogP contribution in [0.3, 0.4) is 0 Å². The molecule has 0 aromatic carbocycles. The molecule has 1 aliphatic heterocycles. The van der Waals surface area contributed by atoms with E-state index in [1.54, 1.807) is 17.5 Å². The Labute approximate surface area is 146 Å². The maximum Gasteiger partial charge on any atom is 0.272 e. The molecule has 5 nitrogen and oxygen atoms in total. The van der Waals surface area contributed by atoms with Gasteiger partial charge in [0.05, 0.1) is 6.10 Å². The number of anilines is 1. The number of aliphatic hydroxyl groups is 1. The molecule has 1 amide bonds. The highest BCUT2D eigenvalue weighted by atomic mass is 32.1. The number of hydrogen-bond donors (Lipinski definition) is 1. The molecule has 1 saturated heterocycles. The molecule has 6 heteroatoms. The van der Waals surface area contributed by atoms with Gasteiger partial charge in [0.15, 0.2) is 0 Å². The zero-order valence-electron chi connectivity index (χ0n) is 14.1. The first kappa shape index (κ1) is 16.9. The Hall–Kier alpha value is -1.92. The van der Waals surface area contributed by atoms with Crippen LogP contribution in [0.4, 0.5) is 5.69 Å². The Morgan fingerprint density at radius 3 is 3.04 bits per heavy atom. The minimum absolute atomic E-state index is 0.0421. The average Bonchev–Trinajstić information content (AvgIpc) is 3.26. The second-order valence-electron chi connectivity index (χ2n) is 6.36. The molecular formula is C18H23N3O2S. The predicted octanol–water partition coefficient (Wildman–Crippen LogP) is 2.94. The minimum Gasteiger partial charge on any atom is -0.387 e. The molecule has 0 aliphatic carbocycles. The van der Waals surface area contributed by atoms with Gasteiger partial charge in [0.2, 0.25) is 0 Å². The first-order valence-electron chi connectivity index (χ1n) is 8.22. The molecular weight excluding hydrogens is 322 g/mol. The van der Waals surface area contributed by atoms with Crippen molar-refractivity contribution in [2.75, 3.05) is 25.5 Å². The summed E-state index contributed by atoms with van der Waals surface area (Å²) < 4.78 is 0. The van der Waals surface area contributed by atoms with Gasteiger partial charge in [-0.05, 0) is 42.8 Å². The zero-order chi connectivity index (χ0) is 17.1. The maximum absolute atomic E-state index is 12.9. The van der Waals surface area contributed by atoms with Crippen molar-refractivity contribution in [1.82, 2.24) is 9.88 Å². The van der Waals surface area contributed by atoms with Crippen LogP contribution in [0.2, 0.25) is 0 Å². The first-order valence-corrected chi connectivity index (χ1v) is 9.10. The quantitative estimate of drug-likeness (QED) is 0.905. The second-order valence-corrected chi connectivity index (χ2v) is 7.33. The number of amides is 1. The van der Waals surface area contributed by atoms with Crippen LogP contribution in [-0.4, -0.2) is 47.6 Å². The fraction of sp³-hybridized carbons (Fsp3) is 0.444. The summed E-state index contributed by atoms with van der Waals surface area (Å²) in [7, 11) is 3.89. The molecule has 0 bridgehead atoms. The number of aromatic nitrogens is 1. The molecule has 0 radical (unpaired) electrons. The molecule has 0 spiro atoms. The zero-order valence-corrected chi connectivity index (χ0v) is 14.9. The summed E-state index contributed by atoms with van der Waals surface area (Å²) in [6.45, 7) is 0.731. The van der Waals surface area contributed by atoms with Crippen LogP contribution in [0.1, 0.15) is 40.7 Å². The van der Waals surface area contributed by atoms with Crippen molar-refractivity contribution >= 4 is 22.9 Å². The lowest BCUT2D eigenvalue weighted by Gasteiger charge is -2.26. The van der Waals surface area contributed by atoms with E-state index in [4.69, 9.17) is 0 Å². The van der Waals surface area contributed by atoms with Gasteiger partial charge in [0.1, 0.15) is 5.69 Å².